The van der Waals surface area contributed by atoms with E-state index >= 15 is 0 Å². The van der Waals surface area contributed by atoms with E-state index in [4.69, 9.17) is 9.47 Å². The van der Waals surface area contributed by atoms with Crippen LogP contribution in [0, 0.1) is 5.92 Å². The smallest absolute Gasteiger partial charge is 0.338 e. The van der Waals surface area contributed by atoms with Gasteiger partial charge in [-0.2, -0.15) is 0 Å². The molecule has 0 aromatic heterocycles. The van der Waals surface area contributed by atoms with E-state index in [1.807, 2.05) is 54.6 Å². The summed E-state index contributed by atoms with van der Waals surface area (Å²) in [5.74, 6) is 0.709. The van der Waals surface area contributed by atoms with Crippen LogP contribution in [-0.4, -0.2) is 18.6 Å². The van der Waals surface area contributed by atoms with Crippen LogP contribution in [0.5, 0.6) is 5.75 Å². The molecule has 2 aromatic carbocycles. The van der Waals surface area contributed by atoms with Crippen molar-refractivity contribution < 1.29 is 19.1 Å². The van der Waals surface area contributed by atoms with Gasteiger partial charge in [0, 0.05) is 5.70 Å². The van der Waals surface area contributed by atoms with E-state index < -0.39 is 6.04 Å². The number of esters is 1. The normalized spacial score (nSPS) is 19.2. The number of carbonyl (C=O) groups is 2. The molecule has 168 valence electrons. The van der Waals surface area contributed by atoms with E-state index in [9.17, 15) is 9.59 Å². The second kappa shape index (κ2) is 10.4. The van der Waals surface area contributed by atoms with Gasteiger partial charge in [-0.05, 0) is 48.9 Å². The monoisotopic (exact) mass is 434 g/mol. The van der Waals surface area contributed by atoms with Crippen molar-refractivity contribution in [2.75, 3.05) is 6.61 Å². The first-order valence-corrected chi connectivity index (χ1v) is 11.3. The third-order valence-corrected chi connectivity index (χ3v) is 6.10. The number of rotatable bonds is 7. The predicted molar refractivity (Wildman–Crippen MR) is 122 cm³/mol. The molecule has 1 saturated carbocycles. The summed E-state index contributed by atoms with van der Waals surface area (Å²) in [7, 11) is 0. The summed E-state index contributed by atoms with van der Waals surface area (Å²) >= 11 is 0. The molecule has 2 aliphatic rings. The lowest BCUT2D eigenvalue weighted by atomic mass is 9.90. The minimum atomic E-state index is -0.595. The van der Waals surface area contributed by atoms with Crippen LogP contribution in [0.3, 0.4) is 0 Å². The van der Waals surface area contributed by atoms with E-state index in [0.29, 0.717) is 36.2 Å². The Balaban J connectivity index is 1.49. The average Bonchev–Trinajstić information content (AvgIpc) is 2.82. The maximum absolute atomic E-state index is 13.0. The number of urea groups is 1. The van der Waals surface area contributed by atoms with Crippen LogP contribution >= 0.6 is 0 Å². The van der Waals surface area contributed by atoms with Gasteiger partial charge in [-0.15, -0.1) is 0 Å². The summed E-state index contributed by atoms with van der Waals surface area (Å²) < 4.78 is 11.6. The minimum absolute atomic E-state index is 0.341. The molecule has 0 radical (unpaired) electrons. The number of amides is 2. The summed E-state index contributed by atoms with van der Waals surface area (Å²) in [5, 5.41) is 5.58. The van der Waals surface area contributed by atoms with Gasteiger partial charge in [-0.25, -0.2) is 9.59 Å². The van der Waals surface area contributed by atoms with Gasteiger partial charge < -0.3 is 20.1 Å². The van der Waals surface area contributed by atoms with Crippen LogP contribution in [0.2, 0.25) is 0 Å². The van der Waals surface area contributed by atoms with Crippen LogP contribution in [0.4, 0.5) is 4.79 Å². The van der Waals surface area contributed by atoms with E-state index in [2.05, 4.69) is 10.6 Å². The second-order valence-corrected chi connectivity index (χ2v) is 8.52. The summed E-state index contributed by atoms with van der Waals surface area (Å²) in [6, 6.07) is 16.5. The van der Waals surface area contributed by atoms with Gasteiger partial charge in [0.05, 0.1) is 18.2 Å². The largest absolute Gasteiger partial charge is 0.489 e. The molecule has 6 nitrogen and oxygen atoms in total. The molecular formula is C26H30N2O4. The number of hydrogen-bond donors (Lipinski definition) is 2. The highest BCUT2D eigenvalue weighted by molar-refractivity contribution is 5.95. The zero-order valence-electron chi connectivity index (χ0n) is 18.4. The summed E-state index contributed by atoms with van der Waals surface area (Å²) in [4.78, 5) is 25.2. The molecule has 1 fully saturated rings. The highest BCUT2D eigenvalue weighted by atomic mass is 16.5. The van der Waals surface area contributed by atoms with Crippen molar-refractivity contribution in [1.29, 1.82) is 0 Å². The maximum atomic E-state index is 13.0. The highest BCUT2D eigenvalue weighted by Gasteiger charge is 2.33. The summed E-state index contributed by atoms with van der Waals surface area (Å²) in [5.41, 5.74) is 2.79. The lowest BCUT2D eigenvalue weighted by molar-refractivity contribution is -0.141. The molecular weight excluding hydrogens is 404 g/mol. The van der Waals surface area contributed by atoms with Crippen LogP contribution in [0.25, 0.3) is 0 Å². The van der Waals surface area contributed by atoms with Gasteiger partial charge in [0.2, 0.25) is 0 Å². The molecule has 1 heterocycles. The van der Waals surface area contributed by atoms with Crippen molar-refractivity contribution in [2.45, 2.75) is 51.7 Å². The van der Waals surface area contributed by atoms with Crippen LogP contribution in [0.1, 0.15) is 56.2 Å². The molecule has 1 aliphatic carbocycles. The molecule has 0 saturated heterocycles. The lowest BCUT2D eigenvalue weighted by Crippen LogP contribution is -2.45. The molecule has 1 unspecified atom stereocenters. The van der Waals surface area contributed by atoms with Gasteiger partial charge in [-0.1, -0.05) is 61.7 Å². The minimum Gasteiger partial charge on any atom is -0.489 e. The molecule has 4 rings (SSSR count). The van der Waals surface area contributed by atoms with Gasteiger partial charge in [0.15, 0.2) is 0 Å². The van der Waals surface area contributed by atoms with E-state index in [1.54, 1.807) is 6.92 Å². The van der Waals surface area contributed by atoms with Crippen LogP contribution in [-0.2, 0) is 16.1 Å². The van der Waals surface area contributed by atoms with Crippen molar-refractivity contribution in [3.63, 3.8) is 0 Å². The van der Waals surface area contributed by atoms with Crippen LogP contribution < -0.4 is 15.4 Å². The standard InChI is InChI=1S/C26H30N2O4/c1-18-23(25(29)32-17-20-11-6-3-7-12-20)24(28-26(30)27-18)21-13-8-14-22(15-21)31-16-19-9-4-2-5-10-19/h2,4-5,8-10,13-15,20,24H,3,6-7,11-12,16-17H2,1H3,(H2,27,28,30). The number of allylic oxidation sites excluding steroid dienone is 1. The summed E-state index contributed by atoms with van der Waals surface area (Å²) in [6.45, 7) is 2.60. The topological polar surface area (TPSA) is 76.7 Å². The Kier molecular flexibility index (Phi) is 7.10. The maximum Gasteiger partial charge on any atom is 0.338 e. The third-order valence-electron chi connectivity index (χ3n) is 6.10. The molecule has 0 spiro atoms. The van der Waals surface area contributed by atoms with Gasteiger partial charge in [0.1, 0.15) is 12.4 Å². The van der Waals surface area contributed by atoms with Gasteiger partial charge >= 0.3 is 12.0 Å². The van der Waals surface area contributed by atoms with Crippen molar-refractivity contribution in [3.05, 3.63) is 77.0 Å². The first-order chi connectivity index (χ1) is 15.6. The molecule has 2 aromatic rings. The number of nitrogens with one attached hydrogen (secondary N) is 2. The Morgan fingerprint density at radius 3 is 2.59 bits per heavy atom. The van der Waals surface area contributed by atoms with Crippen molar-refractivity contribution in [2.24, 2.45) is 5.92 Å². The first kappa shape index (κ1) is 21.9. The summed E-state index contributed by atoms with van der Waals surface area (Å²) in [6.07, 6.45) is 5.85. The zero-order chi connectivity index (χ0) is 22.3. The number of hydrogen-bond acceptors (Lipinski definition) is 4. The molecule has 1 atom stereocenters. The Bertz CT molecular complexity index is 980. The van der Waals surface area contributed by atoms with Gasteiger partial charge in [-0.3, -0.25) is 0 Å². The van der Waals surface area contributed by atoms with Crippen molar-refractivity contribution in [1.82, 2.24) is 10.6 Å². The van der Waals surface area contributed by atoms with E-state index in [1.165, 1.54) is 19.3 Å². The molecule has 32 heavy (non-hydrogen) atoms. The Morgan fingerprint density at radius 1 is 1.03 bits per heavy atom. The van der Waals surface area contributed by atoms with Crippen molar-refractivity contribution in [3.8, 4) is 5.75 Å². The molecule has 1 aliphatic heterocycles. The third kappa shape index (κ3) is 5.49. The SMILES string of the molecule is CC1=C(C(=O)OCC2CCCCC2)C(c2cccc(OCc3ccccc3)c2)NC(=O)N1. The molecule has 2 N–H and O–H groups in total. The van der Waals surface area contributed by atoms with Crippen LogP contribution in [0.15, 0.2) is 65.9 Å². The lowest BCUT2D eigenvalue weighted by Gasteiger charge is -2.29. The Morgan fingerprint density at radius 2 is 1.81 bits per heavy atom. The Hall–Kier alpha value is -3.28. The number of carbonyl (C=O) groups excluding carboxylic acids is 2. The Labute approximate surface area is 189 Å². The molecule has 2 amide bonds. The van der Waals surface area contributed by atoms with Gasteiger partial charge in [0.25, 0.3) is 0 Å². The quantitative estimate of drug-likeness (QED) is 0.600. The van der Waals surface area contributed by atoms with Crippen molar-refractivity contribution >= 4 is 12.0 Å². The second-order valence-electron chi connectivity index (χ2n) is 8.52. The van der Waals surface area contributed by atoms with E-state index in [0.717, 1.165) is 24.0 Å². The molecule has 0 bridgehead atoms. The number of ether oxygens (including phenoxy) is 2. The zero-order valence-corrected chi connectivity index (χ0v) is 18.4. The first-order valence-electron chi connectivity index (χ1n) is 11.3. The fourth-order valence-corrected chi connectivity index (χ4v) is 4.36. The fourth-order valence-electron chi connectivity index (χ4n) is 4.36. The fraction of sp³-hybridized carbons (Fsp3) is 0.385. The highest BCUT2D eigenvalue weighted by Crippen LogP contribution is 2.31. The number of benzene rings is 2. The predicted octanol–water partition coefficient (Wildman–Crippen LogP) is 5.02. The average molecular weight is 435 g/mol. The van der Waals surface area contributed by atoms with E-state index in [-0.39, 0.29) is 12.0 Å². The molecule has 6 heteroatoms.